The number of rotatable bonds is 3. The average molecular weight is 313 g/mol. The molecular weight excluding hydrogens is 303 g/mol. The van der Waals surface area contributed by atoms with Crippen molar-refractivity contribution in [1.82, 2.24) is 25.1 Å². The Kier molecular flexibility index (Phi) is 3.43. The summed E-state index contributed by atoms with van der Waals surface area (Å²) in [6, 6.07) is 3.44. The predicted octanol–water partition coefficient (Wildman–Crippen LogP) is 1.12. The van der Waals surface area contributed by atoms with Gasteiger partial charge in [-0.05, 0) is 6.07 Å². The number of hydrogen-bond donors (Lipinski definition) is 1. The van der Waals surface area contributed by atoms with Crippen LogP contribution in [0.2, 0.25) is 0 Å². The van der Waals surface area contributed by atoms with E-state index in [2.05, 4.69) is 20.2 Å². The zero-order valence-corrected chi connectivity index (χ0v) is 11.0. The lowest BCUT2D eigenvalue weighted by atomic mass is 10.1. The summed E-state index contributed by atoms with van der Waals surface area (Å²) in [4.78, 5) is 20.4. The molecule has 1 saturated heterocycles. The molecular formula is C12H10F3N5O2. The van der Waals surface area contributed by atoms with Gasteiger partial charge >= 0.3 is 6.18 Å². The van der Waals surface area contributed by atoms with E-state index >= 15 is 0 Å². The van der Waals surface area contributed by atoms with Crippen LogP contribution in [0.1, 0.15) is 16.3 Å². The van der Waals surface area contributed by atoms with Crippen molar-refractivity contribution in [2.75, 3.05) is 13.1 Å². The van der Waals surface area contributed by atoms with E-state index in [0.29, 0.717) is 0 Å². The number of carbonyl (C=O) groups is 1. The van der Waals surface area contributed by atoms with E-state index in [1.165, 1.54) is 23.4 Å². The maximum absolute atomic E-state index is 12.5. The number of aromatic nitrogens is 4. The van der Waals surface area contributed by atoms with E-state index in [-0.39, 0.29) is 30.7 Å². The Bertz CT molecular complexity index is 668. The molecule has 0 unspecified atom stereocenters. The van der Waals surface area contributed by atoms with Gasteiger partial charge in [-0.15, -0.1) is 0 Å². The molecule has 116 valence electrons. The molecule has 7 nitrogen and oxygen atoms in total. The molecule has 2 aromatic rings. The van der Waals surface area contributed by atoms with E-state index in [9.17, 15) is 18.0 Å². The molecule has 22 heavy (non-hydrogen) atoms. The van der Waals surface area contributed by atoms with Crippen LogP contribution < -0.4 is 4.74 Å². The molecule has 1 N–H and O–H groups in total. The van der Waals surface area contributed by atoms with Crippen LogP contribution in [0.25, 0.3) is 0 Å². The number of likely N-dealkylation sites (tertiary alicyclic amines) is 1. The van der Waals surface area contributed by atoms with Crippen LogP contribution in [0.15, 0.2) is 24.5 Å². The van der Waals surface area contributed by atoms with E-state index in [0.717, 1.165) is 6.07 Å². The highest BCUT2D eigenvalue weighted by molar-refractivity contribution is 5.90. The highest BCUT2D eigenvalue weighted by Gasteiger charge is 2.36. The Morgan fingerprint density at radius 2 is 2.14 bits per heavy atom. The number of nitrogens with zero attached hydrogens (tertiary/aromatic N) is 4. The summed E-state index contributed by atoms with van der Waals surface area (Å²) >= 11 is 0. The zero-order valence-electron chi connectivity index (χ0n) is 11.0. The molecule has 10 heteroatoms. The first kappa shape index (κ1) is 14.3. The summed E-state index contributed by atoms with van der Waals surface area (Å²) in [6.07, 6.45) is -3.70. The van der Waals surface area contributed by atoms with Crippen molar-refractivity contribution in [3.63, 3.8) is 0 Å². The molecule has 1 amide bonds. The third kappa shape index (κ3) is 2.85. The number of H-pyrrole nitrogens is 1. The predicted molar refractivity (Wildman–Crippen MR) is 65.9 cm³/mol. The normalized spacial score (nSPS) is 15.5. The Hall–Kier alpha value is -2.65. The van der Waals surface area contributed by atoms with Gasteiger partial charge < -0.3 is 9.64 Å². The molecule has 0 spiro atoms. The van der Waals surface area contributed by atoms with Gasteiger partial charge in [-0.25, -0.2) is 9.97 Å². The van der Waals surface area contributed by atoms with Crippen molar-refractivity contribution >= 4 is 5.91 Å². The largest absolute Gasteiger partial charge is 0.471 e. The van der Waals surface area contributed by atoms with Crippen molar-refractivity contribution in [2.24, 2.45) is 0 Å². The summed E-state index contributed by atoms with van der Waals surface area (Å²) < 4.78 is 42.9. The number of alkyl halides is 3. The van der Waals surface area contributed by atoms with Crippen LogP contribution in [-0.2, 0) is 6.18 Å². The summed E-state index contributed by atoms with van der Waals surface area (Å²) in [7, 11) is 0. The van der Waals surface area contributed by atoms with Crippen LogP contribution >= 0.6 is 0 Å². The summed E-state index contributed by atoms with van der Waals surface area (Å²) in [6.45, 7) is 0.495. The molecule has 0 bridgehead atoms. The summed E-state index contributed by atoms with van der Waals surface area (Å²) in [5, 5.41) is 6.02. The molecule has 0 aliphatic carbocycles. The second-order valence-electron chi connectivity index (χ2n) is 4.64. The lowest BCUT2D eigenvalue weighted by molar-refractivity contribution is -0.141. The fourth-order valence-corrected chi connectivity index (χ4v) is 1.95. The molecule has 0 saturated carbocycles. The van der Waals surface area contributed by atoms with Crippen molar-refractivity contribution < 1.29 is 22.7 Å². The van der Waals surface area contributed by atoms with E-state index in [1.807, 2.05) is 0 Å². The number of halogens is 3. The van der Waals surface area contributed by atoms with E-state index < -0.39 is 18.0 Å². The van der Waals surface area contributed by atoms with E-state index in [1.54, 1.807) is 0 Å². The first-order chi connectivity index (χ1) is 10.4. The SMILES string of the molecule is O=C(c1ncn[nH]1)N1CC(Oc2cccc(C(F)(F)F)n2)C1. The van der Waals surface area contributed by atoms with Crippen LogP contribution in [-0.4, -0.2) is 50.2 Å². The highest BCUT2D eigenvalue weighted by Crippen LogP contribution is 2.29. The quantitative estimate of drug-likeness (QED) is 0.918. The standard InChI is InChI=1S/C12H10F3N5O2/c13-12(14,15)8-2-1-3-9(18-8)22-7-4-20(5-7)11(21)10-16-6-17-19-10/h1-3,6-7H,4-5H2,(H,16,17,19). The third-order valence-corrected chi connectivity index (χ3v) is 3.05. The van der Waals surface area contributed by atoms with E-state index in [4.69, 9.17) is 4.74 Å². The lowest BCUT2D eigenvalue weighted by Crippen LogP contribution is -2.56. The molecule has 1 aliphatic heterocycles. The molecule has 1 fully saturated rings. The molecule has 0 aromatic carbocycles. The maximum atomic E-state index is 12.5. The highest BCUT2D eigenvalue weighted by atomic mass is 19.4. The minimum absolute atomic E-state index is 0.107. The molecule has 3 heterocycles. The number of aromatic amines is 1. The smallest absolute Gasteiger partial charge is 0.433 e. The Labute approximate surface area is 122 Å². The lowest BCUT2D eigenvalue weighted by Gasteiger charge is -2.38. The Balaban J connectivity index is 1.57. The zero-order chi connectivity index (χ0) is 15.7. The average Bonchev–Trinajstić information content (AvgIpc) is 2.95. The van der Waals surface area contributed by atoms with Gasteiger partial charge in [-0.1, -0.05) is 6.07 Å². The number of hydrogen-bond acceptors (Lipinski definition) is 5. The second-order valence-corrected chi connectivity index (χ2v) is 4.64. The molecule has 3 rings (SSSR count). The van der Waals surface area contributed by atoms with Gasteiger partial charge in [0, 0.05) is 6.07 Å². The number of nitrogens with one attached hydrogen (secondary N) is 1. The summed E-state index contributed by atoms with van der Waals surface area (Å²) in [5.74, 6) is -0.350. The van der Waals surface area contributed by atoms with Gasteiger partial charge in [0.25, 0.3) is 5.91 Å². The summed E-state index contributed by atoms with van der Waals surface area (Å²) in [5.41, 5.74) is -1.01. The minimum Gasteiger partial charge on any atom is -0.471 e. The molecule has 2 aromatic heterocycles. The Morgan fingerprint density at radius 3 is 2.77 bits per heavy atom. The van der Waals surface area contributed by atoms with Gasteiger partial charge in [-0.3, -0.25) is 9.89 Å². The third-order valence-electron chi connectivity index (χ3n) is 3.05. The van der Waals surface area contributed by atoms with Gasteiger partial charge in [0.05, 0.1) is 13.1 Å². The van der Waals surface area contributed by atoms with Gasteiger partial charge in [-0.2, -0.15) is 18.3 Å². The fraction of sp³-hybridized carbons (Fsp3) is 0.333. The van der Waals surface area contributed by atoms with Crippen molar-refractivity contribution in [3.8, 4) is 5.88 Å². The minimum atomic E-state index is -4.52. The molecule has 1 aliphatic rings. The molecule has 0 radical (unpaired) electrons. The first-order valence-electron chi connectivity index (χ1n) is 6.29. The van der Waals surface area contributed by atoms with Crippen LogP contribution in [0, 0.1) is 0 Å². The van der Waals surface area contributed by atoms with Crippen molar-refractivity contribution in [2.45, 2.75) is 12.3 Å². The fourth-order valence-electron chi connectivity index (χ4n) is 1.95. The van der Waals surface area contributed by atoms with Gasteiger partial charge in [0.15, 0.2) is 0 Å². The molecule has 0 atom stereocenters. The number of amides is 1. The van der Waals surface area contributed by atoms with Crippen LogP contribution in [0.5, 0.6) is 5.88 Å². The topological polar surface area (TPSA) is 84.0 Å². The Morgan fingerprint density at radius 1 is 1.36 bits per heavy atom. The number of carbonyl (C=O) groups excluding carboxylic acids is 1. The van der Waals surface area contributed by atoms with Crippen molar-refractivity contribution in [3.05, 3.63) is 36.0 Å². The maximum Gasteiger partial charge on any atom is 0.433 e. The van der Waals surface area contributed by atoms with Crippen LogP contribution in [0.3, 0.4) is 0 Å². The van der Waals surface area contributed by atoms with Crippen molar-refractivity contribution in [1.29, 1.82) is 0 Å². The monoisotopic (exact) mass is 313 g/mol. The first-order valence-corrected chi connectivity index (χ1v) is 6.29. The van der Waals surface area contributed by atoms with Crippen LogP contribution in [0.4, 0.5) is 13.2 Å². The van der Waals surface area contributed by atoms with Gasteiger partial charge in [0.2, 0.25) is 11.7 Å². The second kappa shape index (κ2) is 5.28. The number of ether oxygens (including phenoxy) is 1. The number of pyridine rings is 1. The van der Waals surface area contributed by atoms with Gasteiger partial charge in [0.1, 0.15) is 18.1 Å².